The van der Waals surface area contributed by atoms with Gasteiger partial charge in [0, 0.05) is 19.1 Å². The van der Waals surface area contributed by atoms with Gasteiger partial charge in [-0.05, 0) is 41.8 Å². The van der Waals surface area contributed by atoms with E-state index >= 15 is 0 Å². The van der Waals surface area contributed by atoms with E-state index in [1.807, 2.05) is 0 Å². The maximum atomic E-state index is 6.03. The maximum absolute atomic E-state index is 6.03. The predicted octanol–water partition coefficient (Wildman–Crippen LogP) is 2.76. The fourth-order valence-electron chi connectivity index (χ4n) is 2.83. The second kappa shape index (κ2) is 5.09. The smallest absolute Gasteiger partial charge is 0.0234 e. The molecule has 0 aromatic heterocycles. The molecule has 0 aliphatic carbocycles. The van der Waals surface area contributed by atoms with Crippen molar-refractivity contribution in [3.05, 3.63) is 48.0 Å². The molecule has 2 aromatic rings. The highest BCUT2D eigenvalue weighted by Gasteiger charge is 2.16. The van der Waals surface area contributed by atoms with E-state index in [0.717, 1.165) is 13.1 Å². The fourth-order valence-corrected chi connectivity index (χ4v) is 2.83. The molecular weight excluding hydrogens is 220 g/mol. The number of nitrogens with two attached hydrogens (primary N) is 1. The molecule has 0 amide bonds. The van der Waals surface area contributed by atoms with Crippen molar-refractivity contribution < 1.29 is 0 Å². The van der Waals surface area contributed by atoms with Gasteiger partial charge in [0.05, 0.1) is 0 Å². The van der Waals surface area contributed by atoms with E-state index in [1.54, 1.807) is 0 Å². The number of nitrogens with zero attached hydrogens (tertiary/aromatic N) is 1. The van der Waals surface area contributed by atoms with Crippen molar-refractivity contribution >= 4 is 10.8 Å². The molecule has 18 heavy (non-hydrogen) atoms. The van der Waals surface area contributed by atoms with Crippen LogP contribution in [0, 0.1) is 0 Å². The zero-order valence-electron chi connectivity index (χ0n) is 10.7. The summed E-state index contributed by atoms with van der Waals surface area (Å²) < 4.78 is 0. The summed E-state index contributed by atoms with van der Waals surface area (Å²) in [5, 5.41) is 2.65. The quantitative estimate of drug-likeness (QED) is 0.874. The van der Waals surface area contributed by atoms with E-state index in [0.29, 0.717) is 6.04 Å². The van der Waals surface area contributed by atoms with E-state index < -0.39 is 0 Å². The predicted molar refractivity (Wildman–Crippen MR) is 76.4 cm³/mol. The second-order valence-corrected chi connectivity index (χ2v) is 5.32. The Morgan fingerprint density at radius 2 is 1.94 bits per heavy atom. The molecule has 2 N–H and O–H groups in total. The third-order valence-electron chi connectivity index (χ3n) is 3.76. The lowest BCUT2D eigenvalue weighted by atomic mass is 10.0. The first-order valence-electron chi connectivity index (χ1n) is 6.77. The summed E-state index contributed by atoms with van der Waals surface area (Å²) in [4.78, 5) is 2.47. The van der Waals surface area contributed by atoms with Crippen LogP contribution in [0.3, 0.4) is 0 Å². The van der Waals surface area contributed by atoms with Gasteiger partial charge in [-0.25, -0.2) is 0 Å². The van der Waals surface area contributed by atoms with Gasteiger partial charge in [0.25, 0.3) is 0 Å². The van der Waals surface area contributed by atoms with E-state index in [1.165, 1.54) is 35.7 Å². The lowest BCUT2D eigenvalue weighted by Crippen LogP contribution is -2.42. The van der Waals surface area contributed by atoms with Crippen molar-refractivity contribution in [3.8, 4) is 0 Å². The monoisotopic (exact) mass is 240 g/mol. The Bertz CT molecular complexity index is 535. The van der Waals surface area contributed by atoms with Crippen LogP contribution in [0.5, 0.6) is 0 Å². The molecule has 2 aromatic carbocycles. The molecule has 1 aliphatic rings. The van der Waals surface area contributed by atoms with Crippen LogP contribution < -0.4 is 5.73 Å². The molecule has 0 saturated carbocycles. The minimum absolute atomic E-state index is 0.360. The average molecular weight is 240 g/mol. The molecule has 1 saturated heterocycles. The molecule has 2 heteroatoms. The summed E-state index contributed by atoms with van der Waals surface area (Å²) in [7, 11) is 0. The Balaban J connectivity index is 1.78. The number of hydrogen-bond acceptors (Lipinski definition) is 2. The normalized spacial score (nSPS) is 21.3. The highest BCUT2D eigenvalue weighted by Crippen LogP contribution is 2.18. The van der Waals surface area contributed by atoms with Gasteiger partial charge in [-0.15, -0.1) is 0 Å². The van der Waals surface area contributed by atoms with Crippen LogP contribution >= 0.6 is 0 Å². The molecule has 3 rings (SSSR count). The van der Waals surface area contributed by atoms with E-state index in [9.17, 15) is 0 Å². The number of piperidine rings is 1. The molecule has 0 spiro atoms. The average Bonchev–Trinajstić information content (AvgIpc) is 2.39. The van der Waals surface area contributed by atoms with E-state index in [4.69, 9.17) is 5.73 Å². The fraction of sp³-hybridized carbons (Fsp3) is 0.375. The molecule has 2 nitrogen and oxygen atoms in total. The van der Waals surface area contributed by atoms with Gasteiger partial charge in [0.1, 0.15) is 0 Å². The van der Waals surface area contributed by atoms with Gasteiger partial charge in [0.15, 0.2) is 0 Å². The SMILES string of the molecule is NC1CCCN(Cc2ccc3ccccc3c2)C1. The summed E-state index contributed by atoms with van der Waals surface area (Å²) in [5.74, 6) is 0. The lowest BCUT2D eigenvalue weighted by molar-refractivity contribution is 0.201. The zero-order chi connectivity index (χ0) is 12.4. The summed E-state index contributed by atoms with van der Waals surface area (Å²) in [6.07, 6.45) is 2.41. The molecular formula is C16H20N2. The zero-order valence-corrected chi connectivity index (χ0v) is 10.7. The number of benzene rings is 2. The minimum atomic E-state index is 0.360. The Labute approximate surface area is 108 Å². The molecule has 1 atom stereocenters. The standard InChI is InChI=1S/C16H20N2/c17-16-6-3-9-18(12-16)11-13-7-8-14-4-1-2-5-15(14)10-13/h1-2,4-5,7-8,10,16H,3,6,9,11-12,17H2. The minimum Gasteiger partial charge on any atom is -0.327 e. The largest absolute Gasteiger partial charge is 0.327 e. The number of rotatable bonds is 2. The Kier molecular flexibility index (Phi) is 3.31. The van der Waals surface area contributed by atoms with Gasteiger partial charge < -0.3 is 5.73 Å². The first-order chi connectivity index (χ1) is 8.81. The van der Waals surface area contributed by atoms with Crippen LogP contribution in [0.15, 0.2) is 42.5 Å². The van der Waals surface area contributed by atoms with Crippen LogP contribution in [0.2, 0.25) is 0 Å². The Hall–Kier alpha value is -1.38. The van der Waals surface area contributed by atoms with E-state index in [-0.39, 0.29) is 0 Å². The first-order valence-corrected chi connectivity index (χ1v) is 6.77. The summed E-state index contributed by atoms with van der Waals surface area (Å²) in [6, 6.07) is 15.6. The first kappa shape index (κ1) is 11.7. The summed E-state index contributed by atoms with van der Waals surface area (Å²) in [6.45, 7) is 3.24. The third-order valence-corrected chi connectivity index (χ3v) is 3.76. The number of fused-ring (bicyclic) bond motifs is 1. The van der Waals surface area contributed by atoms with Crippen molar-refractivity contribution in [1.29, 1.82) is 0 Å². The topological polar surface area (TPSA) is 29.3 Å². The molecule has 1 aliphatic heterocycles. The van der Waals surface area contributed by atoms with Crippen LogP contribution in [-0.2, 0) is 6.54 Å². The second-order valence-electron chi connectivity index (χ2n) is 5.32. The van der Waals surface area contributed by atoms with Crippen LogP contribution in [0.1, 0.15) is 18.4 Å². The molecule has 1 heterocycles. The number of likely N-dealkylation sites (tertiary alicyclic amines) is 1. The maximum Gasteiger partial charge on any atom is 0.0234 e. The Morgan fingerprint density at radius 3 is 2.78 bits per heavy atom. The van der Waals surface area contributed by atoms with Crippen LogP contribution in [-0.4, -0.2) is 24.0 Å². The van der Waals surface area contributed by atoms with Crippen LogP contribution in [0.25, 0.3) is 10.8 Å². The van der Waals surface area contributed by atoms with Gasteiger partial charge in [-0.3, -0.25) is 4.90 Å². The van der Waals surface area contributed by atoms with Gasteiger partial charge in [-0.2, -0.15) is 0 Å². The van der Waals surface area contributed by atoms with Crippen molar-refractivity contribution in [3.63, 3.8) is 0 Å². The third kappa shape index (κ3) is 2.55. The molecule has 94 valence electrons. The molecule has 1 unspecified atom stereocenters. The highest BCUT2D eigenvalue weighted by molar-refractivity contribution is 5.82. The molecule has 1 fully saturated rings. The molecule has 0 bridgehead atoms. The van der Waals surface area contributed by atoms with Crippen molar-refractivity contribution in [1.82, 2.24) is 4.90 Å². The van der Waals surface area contributed by atoms with Gasteiger partial charge in [0.2, 0.25) is 0 Å². The van der Waals surface area contributed by atoms with Crippen molar-refractivity contribution in [2.45, 2.75) is 25.4 Å². The lowest BCUT2D eigenvalue weighted by Gasteiger charge is -2.30. The molecule has 0 radical (unpaired) electrons. The number of hydrogen-bond donors (Lipinski definition) is 1. The van der Waals surface area contributed by atoms with Crippen LogP contribution in [0.4, 0.5) is 0 Å². The Morgan fingerprint density at radius 1 is 1.11 bits per heavy atom. The van der Waals surface area contributed by atoms with E-state index in [2.05, 4.69) is 47.4 Å². The van der Waals surface area contributed by atoms with Crippen molar-refractivity contribution in [2.75, 3.05) is 13.1 Å². The highest BCUT2D eigenvalue weighted by atomic mass is 15.1. The summed E-state index contributed by atoms with van der Waals surface area (Å²) >= 11 is 0. The van der Waals surface area contributed by atoms with Gasteiger partial charge in [-0.1, -0.05) is 36.4 Å². The van der Waals surface area contributed by atoms with Gasteiger partial charge >= 0.3 is 0 Å². The summed E-state index contributed by atoms with van der Waals surface area (Å²) in [5.41, 5.74) is 7.42. The van der Waals surface area contributed by atoms with Crippen molar-refractivity contribution in [2.24, 2.45) is 5.73 Å².